The highest BCUT2D eigenvalue weighted by molar-refractivity contribution is 9.10. The predicted octanol–water partition coefficient (Wildman–Crippen LogP) is 4.68. The van der Waals surface area contributed by atoms with Crippen molar-refractivity contribution >= 4 is 27.5 Å². The topological polar surface area (TPSA) is 3.24 Å². The quantitative estimate of drug-likeness (QED) is 0.713. The maximum atomic E-state index is 5.79. The van der Waals surface area contributed by atoms with E-state index < -0.39 is 0 Å². The Kier molecular flexibility index (Phi) is 5.98. The molecule has 17 heavy (non-hydrogen) atoms. The lowest BCUT2D eigenvalue weighted by Gasteiger charge is -2.36. The molecule has 96 valence electrons. The van der Waals surface area contributed by atoms with Crippen molar-refractivity contribution in [1.29, 1.82) is 0 Å². The van der Waals surface area contributed by atoms with Gasteiger partial charge in [0, 0.05) is 29.0 Å². The lowest BCUT2D eigenvalue weighted by molar-refractivity contribution is 0.128. The first kappa shape index (κ1) is 15.0. The van der Waals surface area contributed by atoms with E-state index in [2.05, 4.69) is 59.8 Å². The molecule has 0 saturated carbocycles. The number of hydrogen-bond acceptors (Lipinski definition) is 1. The summed E-state index contributed by atoms with van der Waals surface area (Å²) < 4.78 is 1.18. The fourth-order valence-corrected chi connectivity index (χ4v) is 2.26. The van der Waals surface area contributed by atoms with Gasteiger partial charge in [-0.25, -0.2) is 0 Å². The summed E-state index contributed by atoms with van der Waals surface area (Å²) in [7, 11) is 0. The zero-order valence-electron chi connectivity index (χ0n) is 10.8. The lowest BCUT2D eigenvalue weighted by Crippen LogP contribution is -2.41. The minimum atomic E-state index is 0.168. The zero-order valence-corrected chi connectivity index (χ0v) is 13.2. The van der Waals surface area contributed by atoms with Gasteiger partial charge in [0.05, 0.1) is 0 Å². The number of alkyl halides is 1. The standard InChI is InChI=1S/C14H21BrClN/c1-14(2,3)17(10-6-9-16)11-12-7-4-5-8-13(12)15/h4-5,7-8H,6,9-11H2,1-3H3. The molecule has 0 bridgehead atoms. The van der Waals surface area contributed by atoms with Crippen LogP contribution < -0.4 is 0 Å². The van der Waals surface area contributed by atoms with Gasteiger partial charge in [-0.05, 0) is 38.8 Å². The molecule has 0 fully saturated rings. The third-order valence-electron chi connectivity index (χ3n) is 2.83. The molecular weight excluding hydrogens is 298 g/mol. The summed E-state index contributed by atoms with van der Waals surface area (Å²) in [4.78, 5) is 2.47. The summed E-state index contributed by atoms with van der Waals surface area (Å²) in [5.74, 6) is 0.725. The van der Waals surface area contributed by atoms with Gasteiger partial charge in [0.1, 0.15) is 0 Å². The maximum absolute atomic E-state index is 5.79. The molecule has 3 heteroatoms. The monoisotopic (exact) mass is 317 g/mol. The summed E-state index contributed by atoms with van der Waals surface area (Å²) in [5, 5.41) is 0. The molecule has 1 nitrogen and oxygen atoms in total. The van der Waals surface area contributed by atoms with Crippen LogP contribution in [-0.2, 0) is 6.54 Å². The molecule has 0 N–H and O–H groups in total. The first-order chi connectivity index (χ1) is 7.95. The molecule has 0 spiro atoms. The van der Waals surface area contributed by atoms with Crippen LogP contribution in [0.15, 0.2) is 28.7 Å². The Morgan fingerprint density at radius 2 is 1.88 bits per heavy atom. The molecule has 0 amide bonds. The van der Waals surface area contributed by atoms with Crippen molar-refractivity contribution < 1.29 is 0 Å². The van der Waals surface area contributed by atoms with Crippen molar-refractivity contribution in [1.82, 2.24) is 4.90 Å². The summed E-state index contributed by atoms with van der Waals surface area (Å²) >= 11 is 9.40. The van der Waals surface area contributed by atoms with Crippen LogP contribution in [0.25, 0.3) is 0 Å². The van der Waals surface area contributed by atoms with Gasteiger partial charge in [0.15, 0.2) is 0 Å². The minimum Gasteiger partial charge on any atom is -0.294 e. The van der Waals surface area contributed by atoms with Crippen molar-refractivity contribution in [2.24, 2.45) is 0 Å². The van der Waals surface area contributed by atoms with Gasteiger partial charge in [0.2, 0.25) is 0 Å². The Morgan fingerprint density at radius 1 is 1.24 bits per heavy atom. The van der Waals surface area contributed by atoms with Crippen LogP contribution in [0.4, 0.5) is 0 Å². The summed E-state index contributed by atoms with van der Waals surface area (Å²) in [6.45, 7) is 8.74. The Balaban J connectivity index is 2.76. The average molecular weight is 319 g/mol. The molecule has 0 heterocycles. The largest absolute Gasteiger partial charge is 0.294 e. The van der Waals surface area contributed by atoms with E-state index in [0.29, 0.717) is 0 Å². The van der Waals surface area contributed by atoms with Gasteiger partial charge in [-0.15, -0.1) is 11.6 Å². The third kappa shape index (κ3) is 4.99. The van der Waals surface area contributed by atoms with E-state index in [-0.39, 0.29) is 5.54 Å². The molecule has 0 aliphatic rings. The maximum Gasteiger partial charge on any atom is 0.0250 e. The highest BCUT2D eigenvalue weighted by atomic mass is 79.9. The number of halogens is 2. The predicted molar refractivity (Wildman–Crippen MR) is 79.6 cm³/mol. The molecule has 1 aromatic rings. The van der Waals surface area contributed by atoms with Gasteiger partial charge in [-0.3, -0.25) is 4.90 Å². The van der Waals surface area contributed by atoms with E-state index in [0.717, 1.165) is 25.4 Å². The minimum absolute atomic E-state index is 0.168. The summed E-state index contributed by atoms with van der Waals surface area (Å²) in [6.07, 6.45) is 1.03. The summed E-state index contributed by atoms with van der Waals surface area (Å²) in [5.41, 5.74) is 1.50. The Bertz CT molecular complexity index is 346. The smallest absolute Gasteiger partial charge is 0.0250 e. The van der Waals surface area contributed by atoms with E-state index in [1.165, 1.54) is 10.0 Å². The van der Waals surface area contributed by atoms with E-state index >= 15 is 0 Å². The lowest BCUT2D eigenvalue weighted by atomic mass is 10.0. The first-order valence-corrected chi connectivity index (χ1v) is 7.32. The molecule has 0 saturated heterocycles. The number of rotatable bonds is 5. The van der Waals surface area contributed by atoms with E-state index in [9.17, 15) is 0 Å². The summed E-state index contributed by atoms with van der Waals surface area (Å²) in [6, 6.07) is 8.40. The molecule has 0 aliphatic carbocycles. The Morgan fingerprint density at radius 3 is 2.41 bits per heavy atom. The molecular formula is C14H21BrClN. The van der Waals surface area contributed by atoms with Crippen LogP contribution in [0.3, 0.4) is 0 Å². The molecule has 1 rings (SSSR count). The molecule has 0 unspecified atom stereocenters. The van der Waals surface area contributed by atoms with E-state index in [4.69, 9.17) is 11.6 Å². The zero-order chi connectivity index (χ0) is 12.9. The highest BCUT2D eigenvalue weighted by Crippen LogP contribution is 2.22. The van der Waals surface area contributed by atoms with Crippen LogP contribution in [-0.4, -0.2) is 22.9 Å². The number of benzene rings is 1. The number of hydrogen-bond donors (Lipinski definition) is 0. The van der Waals surface area contributed by atoms with Crippen LogP contribution >= 0.6 is 27.5 Å². The van der Waals surface area contributed by atoms with Crippen LogP contribution in [0, 0.1) is 0 Å². The molecule has 1 aromatic carbocycles. The van der Waals surface area contributed by atoms with Crippen molar-refractivity contribution in [3.63, 3.8) is 0 Å². The second-order valence-corrected chi connectivity index (χ2v) is 6.46. The fourth-order valence-electron chi connectivity index (χ4n) is 1.73. The number of nitrogens with zero attached hydrogens (tertiary/aromatic N) is 1. The molecule has 0 aliphatic heterocycles. The molecule has 0 radical (unpaired) electrons. The van der Waals surface area contributed by atoms with Gasteiger partial charge >= 0.3 is 0 Å². The van der Waals surface area contributed by atoms with Crippen LogP contribution in [0.1, 0.15) is 32.8 Å². The SMILES string of the molecule is CC(C)(C)N(CCCCl)Cc1ccccc1Br. The van der Waals surface area contributed by atoms with Crippen molar-refractivity contribution in [2.45, 2.75) is 39.3 Å². The van der Waals surface area contributed by atoms with Gasteiger partial charge < -0.3 is 0 Å². The van der Waals surface area contributed by atoms with Crippen LogP contribution in [0.2, 0.25) is 0 Å². The van der Waals surface area contributed by atoms with Crippen molar-refractivity contribution in [2.75, 3.05) is 12.4 Å². The Hall–Kier alpha value is -0.0500. The van der Waals surface area contributed by atoms with E-state index in [1.807, 2.05) is 6.07 Å². The van der Waals surface area contributed by atoms with Gasteiger partial charge in [-0.2, -0.15) is 0 Å². The van der Waals surface area contributed by atoms with Crippen LogP contribution in [0.5, 0.6) is 0 Å². The molecule has 0 aromatic heterocycles. The van der Waals surface area contributed by atoms with Gasteiger partial charge in [-0.1, -0.05) is 34.1 Å². The fraction of sp³-hybridized carbons (Fsp3) is 0.571. The normalized spacial score (nSPS) is 12.1. The third-order valence-corrected chi connectivity index (χ3v) is 3.87. The molecule has 0 atom stereocenters. The Labute approximate surface area is 118 Å². The van der Waals surface area contributed by atoms with E-state index in [1.54, 1.807) is 0 Å². The first-order valence-electron chi connectivity index (χ1n) is 5.99. The highest BCUT2D eigenvalue weighted by Gasteiger charge is 2.21. The van der Waals surface area contributed by atoms with Crippen molar-refractivity contribution in [3.8, 4) is 0 Å². The second kappa shape index (κ2) is 6.77. The van der Waals surface area contributed by atoms with Crippen molar-refractivity contribution in [3.05, 3.63) is 34.3 Å². The second-order valence-electron chi connectivity index (χ2n) is 5.23. The average Bonchev–Trinajstić information content (AvgIpc) is 2.25. The van der Waals surface area contributed by atoms with Gasteiger partial charge in [0.25, 0.3) is 0 Å².